The molecule has 0 atom stereocenters. The molecule has 0 radical (unpaired) electrons. The molecule has 0 aliphatic rings. The van der Waals surface area contributed by atoms with Crippen LogP contribution in [0, 0.1) is 0 Å². The maximum absolute atomic E-state index is 11.2. The molecular formula is C11H8BrN3O2. The summed E-state index contributed by atoms with van der Waals surface area (Å²) >= 11 is 3.24. The minimum Gasteiger partial charge on any atom is -0.465 e. The standard InChI is InChI=1S/C11H8BrN3O2/c1-17-11(16)8-5-14-10(15-6-8)7-2-3-9(12)13-4-7/h2-6H,1H3. The van der Waals surface area contributed by atoms with Crippen molar-refractivity contribution in [2.24, 2.45) is 0 Å². The molecule has 2 rings (SSSR count). The van der Waals surface area contributed by atoms with Crippen molar-refractivity contribution in [2.45, 2.75) is 0 Å². The van der Waals surface area contributed by atoms with E-state index in [1.165, 1.54) is 19.5 Å². The van der Waals surface area contributed by atoms with Gasteiger partial charge >= 0.3 is 5.97 Å². The second-order valence-electron chi connectivity index (χ2n) is 3.16. The first-order valence-corrected chi connectivity index (χ1v) is 5.52. The monoisotopic (exact) mass is 293 g/mol. The summed E-state index contributed by atoms with van der Waals surface area (Å²) < 4.78 is 5.30. The summed E-state index contributed by atoms with van der Waals surface area (Å²) in [5.41, 5.74) is 1.10. The van der Waals surface area contributed by atoms with Crippen molar-refractivity contribution in [1.82, 2.24) is 15.0 Å². The van der Waals surface area contributed by atoms with Crippen LogP contribution < -0.4 is 0 Å². The first-order chi connectivity index (χ1) is 8.20. The zero-order chi connectivity index (χ0) is 12.3. The average Bonchev–Trinajstić information content (AvgIpc) is 2.39. The summed E-state index contributed by atoms with van der Waals surface area (Å²) in [5.74, 6) is 0.0585. The van der Waals surface area contributed by atoms with E-state index in [9.17, 15) is 4.79 Å². The summed E-state index contributed by atoms with van der Waals surface area (Å²) in [6.45, 7) is 0. The van der Waals surface area contributed by atoms with Gasteiger partial charge in [0.15, 0.2) is 5.82 Å². The molecular weight excluding hydrogens is 286 g/mol. The van der Waals surface area contributed by atoms with Crippen LogP contribution in [0.2, 0.25) is 0 Å². The van der Waals surface area contributed by atoms with Crippen molar-refractivity contribution in [3.05, 3.63) is 40.9 Å². The van der Waals surface area contributed by atoms with Crippen LogP contribution >= 0.6 is 15.9 Å². The van der Waals surface area contributed by atoms with E-state index in [2.05, 4.69) is 35.6 Å². The fraction of sp³-hybridized carbons (Fsp3) is 0.0909. The largest absolute Gasteiger partial charge is 0.465 e. The third-order valence-corrected chi connectivity index (χ3v) is 2.53. The van der Waals surface area contributed by atoms with Crippen LogP contribution in [-0.4, -0.2) is 28.0 Å². The molecule has 6 heteroatoms. The molecule has 17 heavy (non-hydrogen) atoms. The number of hydrogen-bond donors (Lipinski definition) is 0. The molecule has 0 bridgehead atoms. The second-order valence-corrected chi connectivity index (χ2v) is 3.97. The van der Waals surface area contributed by atoms with Crippen LogP contribution in [0.15, 0.2) is 35.3 Å². The first-order valence-electron chi connectivity index (χ1n) is 4.73. The van der Waals surface area contributed by atoms with Gasteiger partial charge in [-0.25, -0.2) is 19.7 Å². The molecule has 0 unspecified atom stereocenters. The number of carbonyl (C=O) groups is 1. The Balaban J connectivity index is 2.29. The Bertz CT molecular complexity index is 525. The average molecular weight is 294 g/mol. The van der Waals surface area contributed by atoms with Crippen molar-refractivity contribution in [2.75, 3.05) is 7.11 Å². The van der Waals surface area contributed by atoms with E-state index in [0.29, 0.717) is 11.4 Å². The van der Waals surface area contributed by atoms with E-state index in [1.807, 2.05) is 6.07 Å². The van der Waals surface area contributed by atoms with E-state index < -0.39 is 5.97 Å². The molecule has 0 saturated heterocycles. The zero-order valence-electron chi connectivity index (χ0n) is 8.92. The lowest BCUT2D eigenvalue weighted by Crippen LogP contribution is -2.03. The van der Waals surface area contributed by atoms with Crippen LogP contribution in [0.5, 0.6) is 0 Å². The second kappa shape index (κ2) is 5.01. The first kappa shape index (κ1) is 11.7. The lowest BCUT2D eigenvalue weighted by molar-refractivity contribution is 0.0600. The van der Waals surface area contributed by atoms with Gasteiger partial charge < -0.3 is 4.74 Å². The molecule has 0 amide bonds. The van der Waals surface area contributed by atoms with Crippen molar-refractivity contribution in [3.8, 4) is 11.4 Å². The van der Waals surface area contributed by atoms with E-state index in [0.717, 1.165) is 10.2 Å². The third kappa shape index (κ3) is 2.65. The molecule has 0 aliphatic carbocycles. The Morgan fingerprint density at radius 3 is 2.41 bits per heavy atom. The van der Waals surface area contributed by atoms with Gasteiger partial charge in [0, 0.05) is 24.2 Å². The Morgan fingerprint density at radius 2 is 1.88 bits per heavy atom. The van der Waals surface area contributed by atoms with Gasteiger partial charge in [0.05, 0.1) is 12.7 Å². The van der Waals surface area contributed by atoms with E-state index >= 15 is 0 Å². The molecule has 0 N–H and O–H groups in total. The number of pyridine rings is 1. The van der Waals surface area contributed by atoms with Gasteiger partial charge in [0.25, 0.3) is 0 Å². The number of esters is 1. The van der Waals surface area contributed by atoms with Crippen molar-refractivity contribution in [1.29, 1.82) is 0 Å². The third-order valence-electron chi connectivity index (χ3n) is 2.06. The van der Waals surface area contributed by atoms with Gasteiger partial charge in [-0.05, 0) is 28.1 Å². The number of aromatic nitrogens is 3. The highest BCUT2D eigenvalue weighted by Crippen LogP contribution is 2.15. The van der Waals surface area contributed by atoms with Crippen molar-refractivity contribution >= 4 is 21.9 Å². The molecule has 2 heterocycles. The Kier molecular flexibility index (Phi) is 3.43. The maximum atomic E-state index is 11.2. The number of halogens is 1. The van der Waals surface area contributed by atoms with Gasteiger partial charge in [0.1, 0.15) is 4.60 Å². The molecule has 0 spiro atoms. The Morgan fingerprint density at radius 1 is 1.18 bits per heavy atom. The fourth-order valence-electron chi connectivity index (χ4n) is 1.21. The number of rotatable bonds is 2. The highest BCUT2D eigenvalue weighted by molar-refractivity contribution is 9.10. The van der Waals surface area contributed by atoms with E-state index in [1.54, 1.807) is 12.3 Å². The topological polar surface area (TPSA) is 65.0 Å². The van der Waals surface area contributed by atoms with Gasteiger partial charge in [-0.3, -0.25) is 0 Å². The molecule has 2 aromatic heterocycles. The van der Waals surface area contributed by atoms with Crippen LogP contribution in [-0.2, 0) is 4.74 Å². The van der Waals surface area contributed by atoms with Crippen molar-refractivity contribution in [3.63, 3.8) is 0 Å². The predicted octanol–water partition coefficient (Wildman–Crippen LogP) is 2.09. The minimum absolute atomic E-state index is 0.321. The van der Waals surface area contributed by atoms with Crippen LogP contribution in [0.3, 0.4) is 0 Å². The quantitative estimate of drug-likeness (QED) is 0.627. The molecule has 5 nitrogen and oxygen atoms in total. The lowest BCUT2D eigenvalue weighted by Gasteiger charge is -2.01. The lowest BCUT2D eigenvalue weighted by atomic mass is 10.2. The summed E-state index contributed by atoms with van der Waals surface area (Å²) in [6, 6.07) is 3.64. The Labute approximate surface area is 106 Å². The normalized spacial score (nSPS) is 10.0. The summed E-state index contributed by atoms with van der Waals surface area (Å²) in [4.78, 5) is 23.4. The van der Waals surface area contributed by atoms with Gasteiger partial charge in [-0.1, -0.05) is 0 Å². The fourth-order valence-corrected chi connectivity index (χ4v) is 1.44. The maximum Gasteiger partial charge on any atom is 0.341 e. The number of carbonyl (C=O) groups excluding carboxylic acids is 1. The van der Waals surface area contributed by atoms with Crippen molar-refractivity contribution < 1.29 is 9.53 Å². The van der Waals surface area contributed by atoms with Crippen LogP contribution in [0.25, 0.3) is 11.4 Å². The van der Waals surface area contributed by atoms with E-state index in [4.69, 9.17) is 0 Å². The van der Waals surface area contributed by atoms with E-state index in [-0.39, 0.29) is 0 Å². The summed E-state index contributed by atoms with van der Waals surface area (Å²) in [7, 11) is 1.31. The molecule has 0 saturated carbocycles. The Hall–Kier alpha value is -1.82. The number of ether oxygens (including phenoxy) is 1. The minimum atomic E-state index is -0.453. The summed E-state index contributed by atoms with van der Waals surface area (Å²) in [5, 5.41) is 0. The molecule has 86 valence electrons. The predicted molar refractivity (Wildman–Crippen MR) is 64.3 cm³/mol. The van der Waals surface area contributed by atoms with Crippen LogP contribution in [0.4, 0.5) is 0 Å². The molecule has 0 aromatic carbocycles. The van der Waals surface area contributed by atoms with Gasteiger partial charge in [-0.2, -0.15) is 0 Å². The molecule has 0 fully saturated rings. The van der Waals surface area contributed by atoms with Crippen LogP contribution in [0.1, 0.15) is 10.4 Å². The summed E-state index contributed by atoms with van der Waals surface area (Å²) in [6.07, 6.45) is 4.50. The number of methoxy groups -OCH3 is 1. The zero-order valence-corrected chi connectivity index (χ0v) is 10.5. The van der Waals surface area contributed by atoms with Gasteiger partial charge in [-0.15, -0.1) is 0 Å². The highest BCUT2D eigenvalue weighted by Gasteiger charge is 2.07. The highest BCUT2D eigenvalue weighted by atomic mass is 79.9. The smallest absolute Gasteiger partial charge is 0.341 e. The molecule has 0 aliphatic heterocycles. The number of nitrogens with zero attached hydrogens (tertiary/aromatic N) is 3. The SMILES string of the molecule is COC(=O)c1cnc(-c2ccc(Br)nc2)nc1. The van der Waals surface area contributed by atoms with Gasteiger partial charge in [0.2, 0.25) is 0 Å². The molecule has 2 aromatic rings. The number of hydrogen-bond acceptors (Lipinski definition) is 5.